The molecule has 40 heteroatoms. The average molecular weight is 1210 g/mol. The van der Waals surface area contributed by atoms with Crippen LogP contribution in [0, 0.1) is 0 Å². The Bertz CT molecular complexity index is 4500. The highest BCUT2D eigenvalue weighted by atomic mass is 32.1. The van der Waals surface area contributed by atoms with Gasteiger partial charge in [-0.15, -0.1) is 18.7 Å². The van der Waals surface area contributed by atoms with E-state index in [1.165, 1.54) is 79.9 Å². The first kappa shape index (κ1) is 50.3. The third-order valence-corrected chi connectivity index (χ3v) is 13.8. The minimum absolute atomic E-state index is 0.130. The Morgan fingerprint density at radius 2 is 0.878 bits per heavy atom. The maximum atomic E-state index is 12.1. The minimum Gasteiger partial charge on any atom is -0.463 e. The number of hydrogen-bond acceptors (Lipinski definition) is 28. The molecule has 1 fully saturated rings. The van der Waals surface area contributed by atoms with Gasteiger partial charge >= 0.3 is 22.8 Å². The number of nitrogens with one attached hydrogen (secondary N) is 1. The topological polar surface area (TPSA) is 381 Å². The van der Waals surface area contributed by atoms with Gasteiger partial charge in [-0.05, 0) is 61.5 Å². The Morgan fingerprint density at radius 1 is 0.488 bits per heavy atom. The molecule has 12 aromatic heterocycles. The highest BCUT2D eigenvalue weighted by Crippen LogP contribution is 2.37. The quantitative estimate of drug-likeness (QED) is 0.120. The van der Waals surface area contributed by atoms with Crippen LogP contribution in [0.3, 0.4) is 0 Å². The summed E-state index contributed by atoms with van der Waals surface area (Å²) in [5, 5.41) is 37.7. The van der Waals surface area contributed by atoms with E-state index in [0.29, 0.717) is 73.7 Å². The summed E-state index contributed by atoms with van der Waals surface area (Å²) in [5.41, 5.74) is 1.11. The molecule has 0 radical (unpaired) electrons. The van der Waals surface area contributed by atoms with Gasteiger partial charge in [0.1, 0.15) is 43.5 Å². The molecule has 12 heterocycles. The molecule has 0 aliphatic heterocycles. The van der Waals surface area contributed by atoms with Crippen molar-refractivity contribution in [3.05, 3.63) is 136 Å². The van der Waals surface area contributed by atoms with Crippen LogP contribution in [0.4, 0.5) is 0 Å². The molecule has 0 unspecified atom stereocenters. The van der Waals surface area contributed by atoms with Gasteiger partial charge in [-0.2, -0.15) is 18.7 Å². The Hall–Kier alpha value is -9.96. The molecule has 1 aliphatic rings. The molecule has 426 valence electrons. The van der Waals surface area contributed by atoms with Crippen LogP contribution in [0.15, 0.2) is 90.7 Å². The zero-order valence-corrected chi connectivity index (χ0v) is 46.9. The molecule has 1 N–H and O–H groups in total. The number of rotatable bonds is 18. The fourth-order valence-electron chi connectivity index (χ4n) is 7.05. The lowest BCUT2D eigenvalue weighted by Crippen LogP contribution is -2.23. The van der Waals surface area contributed by atoms with E-state index in [9.17, 15) is 19.2 Å². The molecule has 0 saturated heterocycles. The van der Waals surface area contributed by atoms with Crippen LogP contribution < -0.4 is 41.7 Å². The molecule has 0 amide bonds. The second-order valence-electron chi connectivity index (χ2n) is 16.6. The average Bonchev–Trinajstić information content (AvgIpc) is 2.13. The molecule has 1 aliphatic carbocycles. The second-order valence-corrected chi connectivity index (χ2v) is 19.9. The van der Waals surface area contributed by atoms with Crippen molar-refractivity contribution in [1.29, 1.82) is 0 Å². The standard InChI is InChI=1S/C12H13N7O2S.C11H13N7O2S.C10H11N7O2S.C9H9N7O2S/c1-17-12(20)19(16-15-17)10-9(6-21-11-13-4-5-22-11)18(7-14-10)8-2-3-8;1-3-17-7-13-9(18-11(19)16(2)14-15-18)8(17)6-20-10-12-4-5-21-10;1-15-6-12-8(17-10(18)16(2)13-14-17)7(15)5-19-9-11-3-4-20-9;1-15-9(17)16(14-13-15)7-6(11-5-12-7)4-18-8-10-2-3-19-8/h4-5,7-8H,2-3,6H2,1H3;4-5,7H,3,6H2,1-2H3;3-4,6H,5H2,1-2H3;2-3,5H,4H2,1H3,(H,11,12)/i2*4T;3T;2T. The van der Waals surface area contributed by atoms with E-state index >= 15 is 0 Å². The van der Waals surface area contributed by atoms with Gasteiger partial charge < -0.3 is 37.6 Å². The maximum Gasteiger partial charge on any atom is 0.369 e. The van der Waals surface area contributed by atoms with Gasteiger partial charge in [-0.3, -0.25) is 0 Å². The minimum atomic E-state index is -0.402. The SMILES string of the molecule is [3H]c1csc(OCc2[nH]cnc2-n2nnn(C)c2=O)n1.[3H]c1csc(OCc2c(-n3nnn(C)c3=O)ncn2C)n1.[3H]c1csc(OCc2c(-n3nnn(C)c3=O)ncn2C2CC2)n1.[3H]c1csc(OCc2c(-n3nnn(C)c3=O)ncn2CC)n1. The Kier molecular flexibility index (Phi) is 15.3. The summed E-state index contributed by atoms with van der Waals surface area (Å²) >= 11 is 4.96. The summed E-state index contributed by atoms with van der Waals surface area (Å²) < 4.78 is 66.2. The van der Waals surface area contributed by atoms with Crippen molar-refractivity contribution in [1.82, 2.24) is 138 Å². The van der Waals surface area contributed by atoms with Crippen molar-refractivity contribution in [2.45, 2.75) is 58.8 Å². The highest BCUT2D eigenvalue weighted by molar-refractivity contribution is 7.12. The summed E-state index contributed by atoms with van der Waals surface area (Å²) in [7, 11) is 7.85. The number of H-pyrrole nitrogens is 1. The Morgan fingerprint density at radius 3 is 1.29 bits per heavy atom. The third kappa shape index (κ3) is 12.4. The van der Waals surface area contributed by atoms with E-state index in [-0.39, 0.29) is 62.5 Å². The molecule has 0 atom stereocenters. The van der Waals surface area contributed by atoms with Crippen LogP contribution in [0.25, 0.3) is 23.3 Å². The van der Waals surface area contributed by atoms with Crippen LogP contribution >= 0.6 is 45.3 Å². The van der Waals surface area contributed by atoms with Gasteiger partial charge in [0, 0.05) is 94.0 Å². The maximum absolute atomic E-state index is 12.1. The number of nitrogens with zero attached hydrogens (tertiary/aromatic N) is 27. The van der Waals surface area contributed by atoms with E-state index in [2.05, 4.69) is 86.6 Å². The first-order valence-corrected chi connectivity index (χ1v) is 27.3. The number of imidazole rings is 4. The largest absolute Gasteiger partial charge is 0.463 e. The first-order chi connectivity index (χ1) is 41.4. The lowest BCUT2D eigenvalue weighted by molar-refractivity contribution is 0.292. The smallest absolute Gasteiger partial charge is 0.369 e. The lowest BCUT2D eigenvalue weighted by Gasteiger charge is -2.08. The number of aromatic nitrogens is 28. The van der Waals surface area contributed by atoms with Crippen molar-refractivity contribution in [3.8, 4) is 44.0 Å². The van der Waals surface area contributed by atoms with E-state index < -0.39 is 11.4 Å². The van der Waals surface area contributed by atoms with Crippen molar-refractivity contribution in [3.63, 3.8) is 0 Å². The van der Waals surface area contributed by atoms with Crippen LogP contribution in [-0.2, 0) is 68.2 Å². The first-order valence-electron chi connectivity index (χ1n) is 25.7. The Labute approximate surface area is 479 Å². The second kappa shape index (κ2) is 25.0. The van der Waals surface area contributed by atoms with Gasteiger partial charge in [0.2, 0.25) is 0 Å². The van der Waals surface area contributed by atoms with E-state index in [1.54, 1.807) is 52.1 Å². The van der Waals surface area contributed by atoms with Crippen LogP contribution in [0.2, 0.25) is 0 Å². The molecule has 13 rings (SSSR count). The number of aromatic amines is 1. The normalized spacial score (nSPS) is 12.5. The van der Waals surface area contributed by atoms with Crippen molar-refractivity contribution < 1.29 is 24.4 Å². The molecule has 0 aromatic carbocycles. The van der Waals surface area contributed by atoms with Gasteiger partial charge in [0.15, 0.2) is 23.3 Å². The highest BCUT2D eigenvalue weighted by Gasteiger charge is 2.29. The monoisotopic (exact) mass is 1210 g/mol. The third-order valence-electron chi connectivity index (χ3n) is 11.3. The molecule has 1 saturated carbocycles. The molecule has 36 nitrogen and oxygen atoms in total. The number of aryl methyl sites for hydroxylation is 6. The van der Waals surface area contributed by atoms with Gasteiger partial charge in [-0.1, -0.05) is 45.3 Å². The predicted molar refractivity (Wildman–Crippen MR) is 287 cm³/mol. The van der Waals surface area contributed by atoms with E-state index in [4.69, 9.17) is 24.4 Å². The number of thiazole rings is 4. The molecule has 0 spiro atoms. The lowest BCUT2D eigenvalue weighted by atomic mass is 10.4. The predicted octanol–water partition coefficient (Wildman–Crippen LogP) is 0.210. The summed E-state index contributed by atoms with van der Waals surface area (Å²) in [6, 6.07) is 0.380. The van der Waals surface area contributed by atoms with Crippen molar-refractivity contribution in [2.24, 2.45) is 35.2 Å². The van der Waals surface area contributed by atoms with E-state index in [1.807, 2.05) is 16.1 Å². The Balaban J connectivity index is 0.000000127. The van der Waals surface area contributed by atoms with Crippen LogP contribution in [0.1, 0.15) is 54.1 Å². The zero-order chi connectivity index (χ0) is 60.8. The number of ether oxygens (including phenoxy) is 4. The van der Waals surface area contributed by atoms with Crippen molar-refractivity contribution in [2.75, 3.05) is 0 Å². The molecular formula is C42H46N28O8S4. The van der Waals surface area contributed by atoms with Crippen LogP contribution in [-0.4, -0.2) is 138 Å². The number of tetrazole rings is 4. The number of hydrogen-bond donors (Lipinski definition) is 1. The zero-order valence-electron chi connectivity index (χ0n) is 47.6. The van der Waals surface area contributed by atoms with E-state index in [0.717, 1.165) is 56.0 Å². The fourth-order valence-corrected chi connectivity index (χ4v) is 8.80. The molecule has 12 aromatic rings. The van der Waals surface area contributed by atoms with Gasteiger partial charge in [-0.25, -0.2) is 59.0 Å². The molecule has 82 heavy (non-hydrogen) atoms. The summed E-state index contributed by atoms with van der Waals surface area (Å²) in [6.45, 7) is 3.27. The summed E-state index contributed by atoms with van der Waals surface area (Å²) in [6.07, 6.45) is 9.11. The van der Waals surface area contributed by atoms with Gasteiger partial charge in [0.25, 0.3) is 20.8 Å². The molecule has 0 bridgehead atoms. The molecular weight excluding hydrogens is 1150 g/mol. The van der Waals surface area contributed by atoms with Crippen molar-refractivity contribution >= 4 is 45.3 Å². The summed E-state index contributed by atoms with van der Waals surface area (Å²) in [4.78, 5) is 82.9. The fraction of sp³-hybridized carbons (Fsp3) is 0.333. The van der Waals surface area contributed by atoms with Gasteiger partial charge in [0.05, 0.1) is 36.5 Å². The summed E-state index contributed by atoms with van der Waals surface area (Å²) in [5.74, 6) is 1.48. The van der Waals surface area contributed by atoms with Crippen LogP contribution in [0.5, 0.6) is 20.8 Å².